The summed E-state index contributed by atoms with van der Waals surface area (Å²) in [6.45, 7) is 17.1. The van der Waals surface area contributed by atoms with Crippen LogP contribution in [0.4, 0.5) is 0 Å². The predicted octanol–water partition coefficient (Wildman–Crippen LogP) is 3.78. The fraction of sp³-hybridized carbons (Fsp3) is 0.857. The van der Waals surface area contributed by atoms with Crippen molar-refractivity contribution in [3.63, 3.8) is 0 Å². The van der Waals surface area contributed by atoms with Crippen LogP contribution in [0.3, 0.4) is 0 Å². The van der Waals surface area contributed by atoms with Crippen molar-refractivity contribution in [1.82, 2.24) is 4.90 Å². The molecule has 0 N–H and O–H groups in total. The summed E-state index contributed by atoms with van der Waals surface area (Å²) in [6, 6.07) is 0. The minimum Gasteiger partial charge on any atom is -0.474 e. The number of hydrogen-bond donors (Lipinski definition) is 0. The minimum absolute atomic E-state index is 0.142. The third kappa shape index (κ3) is 3.73. The Hall–Kier alpha value is -0.660. The molecule has 1 rings (SSSR count). The Kier molecular flexibility index (Phi) is 3.92. The molecule has 0 amide bonds. The van der Waals surface area contributed by atoms with E-state index in [4.69, 9.17) is 4.74 Å². The summed E-state index contributed by atoms with van der Waals surface area (Å²) in [7, 11) is 0. The number of ether oxygens (including phenoxy) is 1. The van der Waals surface area contributed by atoms with Crippen molar-refractivity contribution < 1.29 is 4.74 Å². The van der Waals surface area contributed by atoms with Crippen LogP contribution in [0.1, 0.15) is 53.9 Å². The molecule has 0 aromatic heterocycles. The number of piperidine rings is 1. The van der Waals surface area contributed by atoms with Gasteiger partial charge < -0.3 is 9.64 Å². The van der Waals surface area contributed by atoms with Gasteiger partial charge >= 0.3 is 0 Å². The highest BCUT2D eigenvalue weighted by molar-refractivity contribution is 4.93. The van der Waals surface area contributed by atoms with E-state index in [0.717, 1.165) is 19.0 Å². The van der Waals surface area contributed by atoms with Crippen LogP contribution in [-0.2, 0) is 4.74 Å². The summed E-state index contributed by atoms with van der Waals surface area (Å²) < 4.78 is 5.85. The van der Waals surface area contributed by atoms with E-state index in [1.54, 1.807) is 0 Å². The number of rotatable bonds is 3. The molecule has 1 aliphatic heterocycles. The maximum Gasteiger partial charge on any atom is 0.182 e. The molecule has 0 aliphatic carbocycles. The lowest BCUT2D eigenvalue weighted by molar-refractivity contribution is -0.0194. The van der Waals surface area contributed by atoms with Crippen LogP contribution in [0.2, 0.25) is 0 Å². The smallest absolute Gasteiger partial charge is 0.182 e. The first-order valence-corrected chi connectivity index (χ1v) is 6.39. The Balaban J connectivity index is 2.57. The molecule has 1 fully saturated rings. The first-order valence-electron chi connectivity index (χ1n) is 6.39. The van der Waals surface area contributed by atoms with Crippen molar-refractivity contribution in [2.45, 2.75) is 59.5 Å². The van der Waals surface area contributed by atoms with Crippen molar-refractivity contribution in [1.29, 1.82) is 0 Å². The van der Waals surface area contributed by atoms with Gasteiger partial charge in [0, 0.05) is 13.1 Å². The van der Waals surface area contributed by atoms with Crippen LogP contribution in [0, 0.1) is 5.41 Å². The van der Waals surface area contributed by atoms with Gasteiger partial charge in [0.25, 0.3) is 0 Å². The SMILES string of the molecule is C=C(OC(C)(C)C)N1CCCC(C)(CC)C1. The Morgan fingerprint density at radius 1 is 1.44 bits per heavy atom. The van der Waals surface area contributed by atoms with Crippen LogP contribution < -0.4 is 0 Å². The number of nitrogens with zero attached hydrogens (tertiary/aromatic N) is 1. The van der Waals surface area contributed by atoms with E-state index in [1.165, 1.54) is 19.3 Å². The number of likely N-dealkylation sites (tertiary alicyclic amines) is 1. The van der Waals surface area contributed by atoms with Crippen molar-refractivity contribution in [2.75, 3.05) is 13.1 Å². The van der Waals surface area contributed by atoms with Crippen molar-refractivity contribution >= 4 is 0 Å². The first-order chi connectivity index (χ1) is 7.26. The molecule has 1 heterocycles. The molecule has 0 spiro atoms. The van der Waals surface area contributed by atoms with Gasteiger partial charge in [0.2, 0.25) is 0 Å². The Morgan fingerprint density at radius 2 is 2.06 bits per heavy atom. The lowest BCUT2D eigenvalue weighted by Crippen LogP contribution is -2.42. The quantitative estimate of drug-likeness (QED) is 0.678. The van der Waals surface area contributed by atoms with Crippen molar-refractivity contribution in [2.24, 2.45) is 5.41 Å². The van der Waals surface area contributed by atoms with Gasteiger partial charge in [-0.25, -0.2) is 0 Å². The zero-order chi connectivity index (χ0) is 12.4. The van der Waals surface area contributed by atoms with E-state index in [2.05, 4.69) is 46.1 Å². The summed E-state index contributed by atoms with van der Waals surface area (Å²) >= 11 is 0. The Labute approximate surface area is 101 Å². The third-order valence-electron chi connectivity index (χ3n) is 3.41. The molecule has 2 heteroatoms. The summed E-state index contributed by atoms with van der Waals surface area (Å²) in [4.78, 5) is 2.30. The molecule has 0 saturated carbocycles. The standard InChI is InChI=1S/C14H27NO/c1-7-14(6)9-8-10-15(11-14)12(2)16-13(3,4)5/h2,7-11H2,1,3-6H3. The van der Waals surface area contributed by atoms with Gasteiger partial charge in [-0.2, -0.15) is 0 Å². The van der Waals surface area contributed by atoms with E-state index in [1.807, 2.05) is 0 Å². The lowest BCUT2D eigenvalue weighted by atomic mass is 9.80. The monoisotopic (exact) mass is 225 g/mol. The number of hydrogen-bond acceptors (Lipinski definition) is 2. The van der Waals surface area contributed by atoms with Gasteiger partial charge in [-0.05, 0) is 52.0 Å². The fourth-order valence-electron chi connectivity index (χ4n) is 2.24. The van der Waals surface area contributed by atoms with E-state index in [9.17, 15) is 0 Å². The van der Waals surface area contributed by atoms with E-state index in [-0.39, 0.29) is 5.60 Å². The zero-order valence-corrected chi connectivity index (χ0v) is 11.6. The maximum absolute atomic E-state index is 5.85. The second kappa shape index (κ2) is 4.68. The second-order valence-corrected chi connectivity index (χ2v) is 6.30. The molecule has 94 valence electrons. The topological polar surface area (TPSA) is 12.5 Å². The largest absolute Gasteiger partial charge is 0.474 e. The molecule has 0 radical (unpaired) electrons. The average Bonchev–Trinajstić information content (AvgIpc) is 2.15. The van der Waals surface area contributed by atoms with Crippen LogP contribution in [0.15, 0.2) is 12.5 Å². The molecule has 1 atom stereocenters. The zero-order valence-electron chi connectivity index (χ0n) is 11.6. The predicted molar refractivity (Wildman–Crippen MR) is 69.2 cm³/mol. The molecule has 1 aliphatic rings. The molecular formula is C14H27NO. The van der Waals surface area contributed by atoms with Gasteiger partial charge in [0.05, 0.1) is 0 Å². The molecule has 0 bridgehead atoms. The molecule has 2 nitrogen and oxygen atoms in total. The second-order valence-electron chi connectivity index (χ2n) is 6.30. The third-order valence-corrected chi connectivity index (χ3v) is 3.41. The highest BCUT2D eigenvalue weighted by Crippen LogP contribution is 2.34. The van der Waals surface area contributed by atoms with Gasteiger partial charge in [0.15, 0.2) is 5.88 Å². The summed E-state index contributed by atoms with van der Waals surface area (Å²) in [5.74, 6) is 0.840. The van der Waals surface area contributed by atoms with Crippen LogP contribution in [0.5, 0.6) is 0 Å². The molecule has 16 heavy (non-hydrogen) atoms. The fourth-order valence-corrected chi connectivity index (χ4v) is 2.24. The molecule has 0 aromatic rings. The minimum atomic E-state index is -0.142. The normalized spacial score (nSPS) is 26.7. The van der Waals surface area contributed by atoms with Crippen LogP contribution in [0.25, 0.3) is 0 Å². The maximum atomic E-state index is 5.85. The van der Waals surface area contributed by atoms with E-state index < -0.39 is 0 Å². The summed E-state index contributed by atoms with van der Waals surface area (Å²) in [5.41, 5.74) is 0.291. The first kappa shape index (κ1) is 13.4. The van der Waals surface area contributed by atoms with Crippen LogP contribution in [-0.4, -0.2) is 23.6 Å². The average molecular weight is 225 g/mol. The van der Waals surface area contributed by atoms with E-state index >= 15 is 0 Å². The Bertz CT molecular complexity index is 254. The molecular weight excluding hydrogens is 198 g/mol. The van der Waals surface area contributed by atoms with Crippen molar-refractivity contribution in [3.8, 4) is 0 Å². The van der Waals surface area contributed by atoms with Gasteiger partial charge in [-0.3, -0.25) is 0 Å². The summed E-state index contributed by atoms with van der Waals surface area (Å²) in [5, 5.41) is 0. The van der Waals surface area contributed by atoms with Gasteiger partial charge in [-0.1, -0.05) is 13.8 Å². The molecule has 1 saturated heterocycles. The Morgan fingerprint density at radius 3 is 2.56 bits per heavy atom. The highest BCUT2D eigenvalue weighted by Gasteiger charge is 2.31. The van der Waals surface area contributed by atoms with Gasteiger partial charge in [0.1, 0.15) is 5.60 Å². The van der Waals surface area contributed by atoms with Gasteiger partial charge in [-0.15, -0.1) is 0 Å². The van der Waals surface area contributed by atoms with E-state index in [0.29, 0.717) is 5.41 Å². The molecule has 1 unspecified atom stereocenters. The van der Waals surface area contributed by atoms with Crippen molar-refractivity contribution in [3.05, 3.63) is 12.5 Å². The lowest BCUT2D eigenvalue weighted by Gasteiger charge is -2.42. The molecule has 0 aromatic carbocycles. The van der Waals surface area contributed by atoms with Crippen LogP contribution >= 0.6 is 0 Å². The summed E-state index contributed by atoms with van der Waals surface area (Å²) in [6.07, 6.45) is 3.80. The highest BCUT2D eigenvalue weighted by atomic mass is 16.5.